The Hall–Kier alpha value is -0.0662. The highest BCUT2D eigenvalue weighted by Gasteiger charge is 1.67. The molecule has 0 aliphatic carbocycles. The maximum Gasteiger partial charge on any atom is 0.253 e. The van der Waals surface area contributed by atoms with Crippen LogP contribution in [0.4, 0.5) is 0 Å². The molecule has 2 nitrogen and oxygen atoms in total. The van der Waals surface area contributed by atoms with Gasteiger partial charge in [-0.25, -0.2) is 0 Å². The summed E-state index contributed by atoms with van der Waals surface area (Å²) in [5, 5.41) is 0. The van der Waals surface area contributed by atoms with Gasteiger partial charge >= 0.3 is 0 Å². The van der Waals surface area contributed by atoms with Crippen LogP contribution in [0.3, 0.4) is 0 Å². The molecular formula is C2H9NOSi2. The molecular weight excluding hydrogens is 110 g/mol. The molecule has 6 heavy (non-hydrogen) atoms. The number of hydrogen-bond acceptors (Lipinski definition) is 2. The minimum atomic E-state index is -0.385. The van der Waals surface area contributed by atoms with E-state index in [1.807, 2.05) is 0 Å². The molecule has 0 heterocycles. The quantitative estimate of drug-likeness (QED) is 0.343. The highest BCUT2D eigenvalue weighted by molar-refractivity contribution is 6.31. The van der Waals surface area contributed by atoms with Crippen LogP contribution in [0, 0.1) is 0 Å². The molecule has 0 aromatic heterocycles. The van der Waals surface area contributed by atoms with Crippen molar-refractivity contribution < 1.29 is 4.12 Å². The van der Waals surface area contributed by atoms with Crippen molar-refractivity contribution in [2.24, 2.45) is 0 Å². The highest BCUT2D eigenvalue weighted by atomic mass is 28.3. The van der Waals surface area contributed by atoms with Crippen molar-refractivity contribution >= 4 is 20.4 Å². The molecule has 0 rings (SSSR count). The van der Waals surface area contributed by atoms with E-state index in [2.05, 4.69) is 11.6 Å². The van der Waals surface area contributed by atoms with Gasteiger partial charge in [0.05, 0.1) is 0 Å². The van der Waals surface area contributed by atoms with Gasteiger partial charge in [0, 0.05) is 0 Å². The van der Waals surface area contributed by atoms with Gasteiger partial charge in [-0.1, -0.05) is 6.58 Å². The molecule has 0 amide bonds. The second kappa shape index (κ2) is 4.93. The first-order valence-corrected chi connectivity index (χ1v) is 3.85. The molecule has 1 N–H and O–H groups in total. The predicted octanol–water partition coefficient (Wildman–Crippen LogP) is -1.98. The van der Waals surface area contributed by atoms with Crippen molar-refractivity contribution in [2.45, 2.75) is 0 Å². The minimum Gasteiger partial charge on any atom is -0.453 e. The van der Waals surface area contributed by atoms with Gasteiger partial charge < -0.3 is 9.10 Å². The summed E-state index contributed by atoms with van der Waals surface area (Å²) in [5.74, 6) is 0. The van der Waals surface area contributed by atoms with Gasteiger partial charge in [0.1, 0.15) is 10.5 Å². The summed E-state index contributed by atoms with van der Waals surface area (Å²) in [6.45, 7) is 3.46. The molecule has 0 atom stereocenters. The molecule has 36 valence electrons. The predicted molar refractivity (Wildman–Crippen MR) is 32.9 cm³/mol. The van der Waals surface area contributed by atoms with Gasteiger partial charge in [-0.15, -0.1) is 0 Å². The Labute approximate surface area is 43.1 Å². The Morgan fingerprint density at radius 2 is 2.67 bits per heavy atom. The van der Waals surface area contributed by atoms with E-state index in [0.29, 0.717) is 0 Å². The molecule has 0 fully saturated rings. The first-order chi connectivity index (χ1) is 2.91. The lowest BCUT2D eigenvalue weighted by Gasteiger charge is -1.91. The van der Waals surface area contributed by atoms with Gasteiger partial charge in [0.25, 0.3) is 9.92 Å². The Morgan fingerprint density at radius 3 is 2.83 bits per heavy atom. The third kappa shape index (κ3) is 3.93. The lowest BCUT2D eigenvalue weighted by atomic mass is 11.1. The summed E-state index contributed by atoms with van der Waals surface area (Å²) in [6.07, 6.45) is 1.67. The number of nitrogens with one attached hydrogen (secondary N) is 1. The van der Waals surface area contributed by atoms with Crippen molar-refractivity contribution in [1.29, 1.82) is 0 Å². The SMILES string of the molecule is C=CN[SiH2]O[SiH3]. The zero-order valence-electron chi connectivity index (χ0n) is 3.90. The van der Waals surface area contributed by atoms with Crippen LogP contribution in [0.5, 0.6) is 0 Å². The fourth-order valence-electron chi connectivity index (χ4n) is 0.142. The third-order valence-electron chi connectivity index (χ3n) is 0.372. The van der Waals surface area contributed by atoms with E-state index in [4.69, 9.17) is 4.12 Å². The van der Waals surface area contributed by atoms with Crippen molar-refractivity contribution in [3.63, 3.8) is 0 Å². The standard InChI is InChI=1S/C2H9NOSi2/c1-2-3-6-4-5/h2-3H,1,6H2,5H3. The zero-order valence-corrected chi connectivity index (χ0v) is 7.31. The van der Waals surface area contributed by atoms with Crippen molar-refractivity contribution in [3.05, 3.63) is 12.8 Å². The molecule has 0 unspecified atom stereocenters. The molecule has 0 saturated heterocycles. The lowest BCUT2D eigenvalue weighted by Crippen LogP contribution is -2.13. The maximum atomic E-state index is 4.88. The second-order valence-corrected chi connectivity index (χ2v) is 3.85. The number of hydrogen-bond donors (Lipinski definition) is 1. The molecule has 0 spiro atoms. The molecule has 4 heteroatoms. The number of rotatable bonds is 3. The summed E-state index contributed by atoms with van der Waals surface area (Å²) in [4.78, 5) is 2.91. The van der Waals surface area contributed by atoms with Crippen LogP contribution < -0.4 is 4.98 Å². The summed E-state index contributed by atoms with van der Waals surface area (Å²) >= 11 is 0. The van der Waals surface area contributed by atoms with Crippen molar-refractivity contribution in [1.82, 2.24) is 4.98 Å². The van der Waals surface area contributed by atoms with Crippen LogP contribution >= 0.6 is 0 Å². The Bertz CT molecular complexity index is 40.5. The average Bonchev–Trinajstić information content (AvgIpc) is 1.61. The zero-order chi connectivity index (χ0) is 4.83. The monoisotopic (exact) mass is 119 g/mol. The highest BCUT2D eigenvalue weighted by Crippen LogP contribution is 1.49. The van der Waals surface area contributed by atoms with Crippen molar-refractivity contribution in [3.8, 4) is 0 Å². The first-order valence-electron chi connectivity index (χ1n) is 1.75. The summed E-state index contributed by atoms with van der Waals surface area (Å²) in [5.41, 5.74) is 0. The van der Waals surface area contributed by atoms with Crippen LogP contribution in [-0.4, -0.2) is 20.4 Å². The molecule has 0 bridgehead atoms. The Morgan fingerprint density at radius 1 is 2.00 bits per heavy atom. The van der Waals surface area contributed by atoms with E-state index in [9.17, 15) is 0 Å². The van der Waals surface area contributed by atoms with E-state index in [-0.39, 0.29) is 9.92 Å². The van der Waals surface area contributed by atoms with Gasteiger partial charge in [0.15, 0.2) is 0 Å². The minimum absolute atomic E-state index is 0.385. The van der Waals surface area contributed by atoms with E-state index in [0.717, 1.165) is 10.5 Å². The van der Waals surface area contributed by atoms with E-state index >= 15 is 0 Å². The Kier molecular flexibility index (Phi) is 4.88. The topological polar surface area (TPSA) is 21.3 Å². The summed E-state index contributed by atoms with van der Waals surface area (Å²) in [6, 6.07) is 0. The van der Waals surface area contributed by atoms with Gasteiger partial charge in [-0.2, -0.15) is 0 Å². The summed E-state index contributed by atoms with van der Waals surface area (Å²) < 4.78 is 4.88. The van der Waals surface area contributed by atoms with Crippen LogP contribution in [-0.2, 0) is 4.12 Å². The van der Waals surface area contributed by atoms with Crippen LogP contribution in [0.2, 0.25) is 0 Å². The fourth-order valence-corrected chi connectivity index (χ4v) is 0.927. The average molecular weight is 119 g/mol. The molecule has 0 radical (unpaired) electrons. The van der Waals surface area contributed by atoms with E-state index in [1.165, 1.54) is 0 Å². The second-order valence-electron chi connectivity index (χ2n) is 0.841. The maximum absolute atomic E-state index is 4.88. The Balaban J connectivity index is 2.49. The van der Waals surface area contributed by atoms with Gasteiger partial charge in [-0.05, 0) is 6.20 Å². The molecule has 0 aliphatic rings. The molecule has 0 aliphatic heterocycles. The van der Waals surface area contributed by atoms with Crippen molar-refractivity contribution in [2.75, 3.05) is 0 Å². The smallest absolute Gasteiger partial charge is 0.253 e. The largest absolute Gasteiger partial charge is 0.453 e. The van der Waals surface area contributed by atoms with E-state index < -0.39 is 0 Å². The first kappa shape index (κ1) is 5.93. The van der Waals surface area contributed by atoms with Crippen LogP contribution in [0.1, 0.15) is 0 Å². The van der Waals surface area contributed by atoms with Gasteiger partial charge in [0.2, 0.25) is 0 Å². The fraction of sp³-hybridized carbons (Fsp3) is 0. The molecule has 0 aromatic carbocycles. The van der Waals surface area contributed by atoms with E-state index in [1.54, 1.807) is 6.20 Å². The third-order valence-corrected chi connectivity index (χ3v) is 1.98. The molecule has 0 aromatic rings. The van der Waals surface area contributed by atoms with Crippen LogP contribution in [0.15, 0.2) is 12.8 Å². The normalized spacial score (nSPS) is 10.0. The molecule has 0 saturated carbocycles. The lowest BCUT2D eigenvalue weighted by molar-refractivity contribution is 0.653. The van der Waals surface area contributed by atoms with Gasteiger partial charge in [-0.3, -0.25) is 0 Å². The summed E-state index contributed by atoms with van der Waals surface area (Å²) in [7, 11) is 0.470. The van der Waals surface area contributed by atoms with Crippen LogP contribution in [0.25, 0.3) is 0 Å².